The van der Waals surface area contributed by atoms with Gasteiger partial charge in [-0.3, -0.25) is 0 Å². The fourth-order valence-corrected chi connectivity index (χ4v) is 4.71. The number of anilines is 1. The molecule has 1 aliphatic rings. The van der Waals surface area contributed by atoms with Crippen LogP contribution in [0.15, 0.2) is 48.5 Å². The molecule has 0 unspecified atom stereocenters. The minimum absolute atomic E-state index is 0.141. The predicted molar refractivity (Wildman–Crippen MR) is 126 cm³/mol. The van der Waals surface area contributed by atoms with Gasteiger partial charge in [0.15, 0.2) is 5.65 Å². The van der Waals surface area contributed by atoms with E-state index in [4.69, 9.17) is 0 Å². The lowest BCUT2D eigenvalue weighted by Crippen LogP contribution is -2.43. The van der Waals surface area contributed by atoms with Crippen LogP contribution < -0.4 is 5.32 Å². The second-order valence-corrected chi connectivity index (χ2v) is 8.69. The Balaban J connectivity index is 1.51. The molecule has 2 amide bonds. The van der Waals surface area contributed by atoms with Crippen LogP contribution in [0.1, 0.15) is 48.8 Å². The molecule has 5 rings (SSSR count). The third kappa shape index (κ3) is 4.22. The molecule has 0 spiro atoms. The van der Waals surface area contributed by atoms with E-state index in [1.165, 1.54) is 6.42 Å². The van der Waals surface area contributed by atoms with Crippen molar-refractivity contribution in [3.05, 3.63) is 65.2 Å². The molecule has 166 valence electrons. The van der Waals surface area contributed by atoms with Crippen LogP contribution in [-0.2, 0) is 6.54 Å². The lowest BCUT2D eigenvalue weighted by Gasteiger charge is -2.34. The number of amides is 2. The largest absolute Gasteiger partial charge is 0.322 e. The Morgan fingerprint density at radius 1 is 1.18 bits per heavy atom. The molecule has 1 saturated carbocycles. The molecule has 1 N–H and O–H groups in total. The first-order valence-corrected chi connectivity index (χ1v) is 11.3. The van der Waals surface area contributed by atoms with E-state index in [2.05, 4.69) is 46.0 Å². The van der Waals surface area contributed by atoms with Gasteiger partial charge in [-0.25, -0.2) is 4.79 Å². The number of fused-ring (bicyclic) bond motifs is 3. The molecule has 1 fully saturated rings. The second-order valence-electron chi connectivity index (χ2n) is 8.69. The summed E-state index contributed by atoms with van der Waals surface area (Å²) >= 11 is 0. The highest BCUT2D eigenvalue weighted by molar-refractivity contribution is 5.90. The molecule has 8 heteroatoms. The van der Waals surface area contributed by atoms with Crippen LogP contribution in [0, 0.1) is 18.3 Å². The van der Waals surface area contributed by atoms with Gasteiger partial charge in [0.05, 0.1) is 23.7 Å². The van der Waals surface area contributed by atoms with Gasteiger partial charge in [-0.05, 0) is 66.6 Å². The zero-order valence-electron chi connectivity index (χ0n) is 18.5. The first kappa shape index (κ1) is 20.9. The number of hydrogen-bond donors (Lipinski definition) is 1. The molecule has 2 aromatic heterocycles. The first-order chi connectivity index (χ1) is 16.1. The van der Waals surface area contributed by atoms with Crippen molar-refractivity contribution in [3.63, 3.8) is 0 Å². The summed E-state index contributed by atoms with van der Waals surface area (Å²) in [4.78, 5) is 15.4. The molecule has 0 aliphatic heterocycles. The van der Waals surface area contributed by atoms with Crippen LogP contribution in [0.4, 0.5) is 10.5 Å². The van der Waals surface area contributed by atoms with Crippen LogP contribution in [0.25, 0.3) is 16.6 Å². The van der Waals surface area contributed by atoms with E-state index in [0.29, 0.717) is 23.4 Å². The Hall–Kier alpha value is -3.99. The van der Waals surface area contributed by atoms with Crippen molar-refractivity contribution in [1.82, 2.24) is 24.9 Å². The Morgan fingerprint density at radius 3 is 2.85 bits per heavy atom. The van der Waals surface area contributed by atoms with Gasteiger partial charge >= 0.3 is 6.03 Å². The average molecular weight is 440 g/mol. The number of hydrogen-bond acceptors (Lipinski definition) is 5. The fourth-order valence-electron chi connectivity index (χ4n) is 4.71. The molecule has 0 atom stereocenters. The fraction of sp³-hybridized carbons (Fsp3) is 0.320. The third-order valence-corrected chi connectivity index (χ3v) is 6.36. The van der Waals surface area contributed by atoms with Crippen LogP contribution in [0.2, 0.25) is 0 Å². The molecule has 8 nitrogen and oxygen atoms in total. The van der Waals surface area contributed by atoms with E-state index in [1.807, 2.05) is 17.0 Å². The number of pyridine rings is 1. The normalized spacial score (nSPS) is 14.3. The molecule has 2 aromatic carbocycles. The van der Waals surface area contributed by atoms with Crippen molar-refractivity contribution >= 4 is 28.3 Å². The topological polar surface area (TPSA) is 99.2 Å². The summed E-state index contributed by atoms with van der Waals surface area (Å²) in [7, 11) is 0. The average Bonchev–Trinajstić information content (AvgIpc) is 3.33. The number of aryl methyl sites for hydroxylation is 1. The van der Waals surface area contributed by atoms with Crippen molar-refractivity contribution < 1.29 is 4.79 Å². The van der Waals surface area contributed by atoms with Gasteiger partial charge in [-0.2, -0.15) is 9.78 Å². The van der Waals surface area contributed by atoms with Crippen molar-refractivity contribution in [2.75, 3.05) is 5.32 Å². The Bertz CT molecular complexity index is 1360. The minimum atomic E-state index is -0.174. The van der Waals surface area contributed by atoms with Crippen molar-refractivity contribution in [3.8, 4) is 6.07 Å². The van der Waals surface area contributed by atoms with Gasteiger partial charge in [-0.1, -0.05) is 37.0 Å². The van der Waals surface area contributed by atoms with E-state index in [9.17, 15) is 10.1 Å². The summed E-state index contributed by atoms with van der Waals surface area (Å²) in [5, 5.41) is 25.6. The highest BCUT2D eigenvalue weighted by Crippen LogP contribution is 2.27. The number of rotatable bonds is 4. The Labute approximate surface area is 191 Å². The summed E-state index contributed by atoms with van der Waals surface area (Å²) in [6.07, 6.45) is 5.36. The number of urea groups is 1. The summed E-state index contributed by atoms with van der Waals surface area (Å²) in [5.74, 6) is 0. The second kappa shape index (κ2) is 8.87. The van der Waals surface area contributed by atoms with Crippen LogP contribution in [0.3, 0.4) is 0 Å². The molecule has 1 aliphatic carbocycles. The Kier molecular flexibility index (Phi) is 5.61. The van der Waals surface area contributed by atoms with E-state index in [-0.39, 0.29) is 12.1 Å². The molecule has 4 aromatic rings. The van der Waals surface area contributed by atoms with Crippen LogP contribution >= 0.6 is 0 Å². The lowest BCUT2D eigenvalue weighted by atomic mass is 9.94. The number of nitrogens with zero attached hydrogens (tertiary/aromatic N) is 6. The summed E-state index contributed by atoms with van der Waals surface area (Å²) < 4.78 is 1.75. The molecule has 33 heavy (non-hydrogen) atoms. The van der Waals surface area contributed by atoms with Gasteiger partial charge in [0, 0.05) is 22.7 Å². The quantitative estimate of drug-likeness (QED) is 0.491. The molecule has 0 bridgehead atoms. The van der Waals surface area contributed by atoms with Crippen molar-refractivity contribution in [2.24, 2.45) is 0 Å². The van der Waals surface area contributed by atoms with E-state index in [1.54, 1.807) is 28.8 Å². The van der Waals surface area contributed by atoms with Gasteiger partial charge < -0.3 is 10.2 Å². The summed E-state index contributed by atoms with van der Waals surface area (Å²) in [6, 6.07) is 17.3. The van der Waals surface area contributed by atoms with Crippen LogP contribution in [0.5, 0.6) is 0 Å². The third-order valence-electron chi connectivity index (χ3n) is 6.36. The van der Waals surface area contributed by atoms with E-state index in [0.717, 1.165) is 47.7 Å². The molecular weight excluding hydrogens is 414 g/mol. The lowest BCUT2D eigenvalue weighted by molar-refractivity contribution is 0.163. The van der Waals surface area contributed by atoms with Crippen LogP contribution in [-0.4, -0.2) is 37.0 Å². The minimum Gasteiger partial charge on any atom is -0.317 e. The smallest absolute Gasteiger partial charge is 0.317 e. The van der Waals surface area contributed by atoms with Crippen molar-refractivity contribution in [1.29, 1.82) is 5.26 Å². The first-order valence-electron chi connectivity index (χ1n) is 11.3. The summed E-state index contributed by atoms with van der Waals surface area (Å²) in [6.45, 7) is 2.46. The molecule has 0 saturated heterocycles. The van der Waals surface area contributed by atoms with Crippen molar-refractivity contribution in [2.45, 2.75) is 51.6 Å². The number of nitrogens with one attached hydrogen (secondary N) is 1. The monoisotopic (exact) mass is 439 g/mol. The predicted octanol–water partition coefficient (Wildman–Crippen LogP) is 4.82. The highest BCUT2D eigenvalue weighted by atomic mass is 16.2. The molecular formula is C25H25N7O. The summed E-state index contributed by atoms with van der Waals surface area (Å²) in [5.41, 5.74) is 4.78. The molecule has 2 heterocycles. The maximum Gasteiger partial charge on any atom is 0.322 e. The number of aromatic nitrogens is 4. The number of carbonyl (C=O) groups excluding carboxylic acids is 1. The molecule has 0 radical (unpaired) electrons. The maximum atomic E-state index is 13.5. The van der Waals surface area contributed by atoms with E-state index >= 15 is 0 Å². The van der Waals surface area contributed by atoms with Gasteiger partial charge in [0.2, 0.25) is 0 Å². The van der Waals surface area contributed by atoms with Gasteiger partial charge in [0.25, 0.3) is 0 Å². The SMILES string of the molecule is Cc1ccc2c(c1)cc(CN(C(=O)Nc1cccc(C#N)c1)C1CCCCC1)c1nnnn12. The standard InChI is InChI=1S/C25H25N7O/c1-17-10-11-23-19(12-17)14-20(24-28-29-30-32(23)24)16-31(22-8-3-2-4-9-22)25(33)27-21-7-5-6-18(13-21)15-26/h5-7,10-14,22H,2-4,8-9,16H2,1H3,(H,27,33). The maximum absolute atomic E-state index is 13.5. The van der Waals surface area contributed by atoms with Gasteiger partial charge in [-0.15, -0.1) is 5.10 Å². The number of nitriles is 1. The zero-order valence-corrected chi connectivity index (χ0v) is 18.5. The highest BCUT2D eigenvalue weighted by Gasteiger charge is 2.27. The number of benzene rings is 2. The van der Waals surface area contributed by atoms with E-state index < -0.39 is 0 Å². The number of tetrazole rings is 1. The van der Waals surface area contributed by atoms with Gasteiger partial charge in [0.1, 0.15) is 0 Å². The number of carbonyl (C=O) groups is 1. The zero-order chi connectivity index (χ0) is 22.8. The Morgan fingerprint density at radius 2 is 2.03 bits per heavy atom.